The van der Waals surface area contributed by atoms with Gasteiger partial charge in [-0.2, -0.15) is 5.48 Å². The van der Waals surface area contributed by atoms with Gasteiger partial charge in [0.2, 0.25) is 0 Å². The SMILES string of the molecule is Oc1ccc2c(c1)C(NOCc1ccccc1)CCC2. The highest BCUT2D eigenvalue weighted by Crippen LogP contribution is 2.32. The number of hydrogen-bond acceptors (Lipinski definition) is 3. The first-order chi connectivity index (χ1) is 9.83. The molecule has 0 heterocycles. The van der Waals surface area contributed by atoms with Gasteiger partial charge in [0.05, 0.1) is 12.6 Å². The molecule has 0 aliphatic heterocycles. The van der Waals surface area contributed by atoms with E-state index >= 15 is 0 Å². The number of hydroxylamine groups is 1. The molecule has 0 aromatic heterocycles. The smallest absolute Gasteiger partial charge is 0.115 e. The van der Waals surface area contributed by atoms with Crippen molar-refractivity contribution in [2.24, 2.45) is 0 Å². The van der Waals surface area contributed by atoms with E-state index < -0.39 is 0 Å². The predicted octanol–water partition coefficient (Wildman–Crippen LogP) is 3.49. The molecule has 104 valence electrons. The van der Waals surface area contributed by atoms with Crippen molar-refractivity contribution in [3.05, 3.63) is 65.2 Å². The molecule has 2 N–H and O–H groups in total. The zero-order chi connectivity index (χ0) is 13.8. The first kappa shape index (κ1) is 13.2. The van der Waals surface area contributed by atoms with Gasteiger partial charge in [-0.15, -0.1) is 0 Å². The second kappa shape index (κ2) is 6.07. The van der Waals surface area contributed by atoms with E-state index in [1.165, 1.54) is 5.56 Å². The maximum absolute atomic E-state index is 9.64. The summed E-state index contributed by atoms with van der Waals surface area (Å²) in [6.45, 7) is 0.547. The highest BCUT2D eigenvalue weighted by Gasteiger charge is 2.20. The minimum Gasteiger partial charge on any atom is -0.508 e. The number of nitrogens with one attached hydrogen (secondary N) is 1. The van der Waals surface area contributed by atoms with E-state index in [2.05, 4.69) is 5.48 Å². The molecule has 0 fully saturated rings. The molecule has 3 heteroatoms. The molecule has 1 aliphatic carbocycles. The first-order valence-electron chi connectivity index (χ1n) is 7.06. The number of phenolic OH excluding ortho intramolecular Hbond substituents is 1. The van der Waals surface area contributed by atoms with Gasteiger partial charge in [0, 0.05) is 0 Å². The molecule has 0 bridgehead atoms. The molecular weight excluding hydrogens is 250 g/mol. The van der Waals surface area contributed by atoms with Gasteiger partial charge in [-0.25, -0.2) is 0 Å². The number of hydrogen-bond donors (Lipinski definition) is 2. The van der Waals surface area contributed by atoms with E-state index in [-0.39, 0.29) is 6.04 Å². The average molecular weight is 269 g/mol. The third-order valence-electron chi connectivity index (χ3n) is 3.75. The van der Waals surface area contributed by atoms with Crippen molar-refractivity contribution in [1.29, 1.82) is 0 Å². The standard InChI is InChI=1S/C17H19NO2/c19-15-10-9-14-7-4-8-17(16(14)11-15)18-20-12-13-5-2-1-3-6-13/h1-3,5-6,9-11,17-19H,4,7-8,12H2. The Labute approximate surface area is 119 Å². The minimum absolute atomic E-state index is 0.162. The summed E-state index contributed by atoms with van der Waals surface area (Å²) in [6, 6.07) is 15.9. The van der Waals surface area contributed by atoms with E-state index in [0.29, 0.717) is 12.4 Å². The van der Waals surface area contributed by atoms with Crippen LogP contribution in [0.2, 0.25) is 0 Å². The number of fused-ring (bicyclic) bond motifs is 1. The van der Waals surface area contributed by atoms with E-state index in [1.54, 1.807) is 6.07 Å². The second-order valence-electron chi connectivity index (χ2n) is 5.22. The lowest BCUT2D eigenvalue weighted by Crippen LogP contribution is -2.25. The summed E-state index contributed by atoms with van der Waals surface area (Å²) >= 11 is 0. The quantitative estimate of drug-likeness (QED) is 0.835. The summed E-state index contributed by atoms with van der Waals surface area (Å²) in [6.07, 6.45) is 3.25. The van der Waals surface area contributed by atoms with Crippen molar-refractivity contribution in [1.82, 2.24) is 5.48 Å². The van der Waals surface area contributed by atoms with Crippen LogP contribution in [0.3, 0.4) is 0 Å². The Balaban J connectivity index is 1.63. The minimum atomic E-state index is 0.162. The number of aromatic hydroxyl groups is 1. The van der Waals surface area contributed by atoms with E-state index in [9.17, 15) is 5.11 Å². The van der Waals surface area contributed by atoms with Crippen LogP contribution in [0, 0.1) is 0 Å². The van der Waals surface area contributed by atoms with Crippen LogP contribution >= 0.6 is 0 Å². The van der Waals surface area contributed by atoms with Gasteiger partial charge < -0.3 is 5.11 Å². The van der Waals surface area contributed by atoms with Crippen LogP contribution in [0.1, 0.15) is 35.6 Å². The van der Waals surface area contributed by atoms with Crippen LogP contribution in [0.4, 0.5) is 0 Å². The molecule has 1 aliphatic rings. The lowest BCUT2D eigenvalue weighted by Gasteiger charge is -2.26. The third-order valence-corrected chi connectivity index (χ3v) is 3.75. The molecule has 0 radical (unpaired) electrons. The van der Waals surface area contributed by atoms with Crippen LogP contribution < -0.4 is 5.48 Å². The fourth-order valence-electron chi connectivity index (χ4n) is 2.71. The highest BCUT2D eigenvalue weighted by atomic mass is 16.6. The Bertz CT molecular complexity index is 568. The summed E-state index contributed by atoms with van der Waals surface area (Å²) in [5.41, 5.74) is 6.75. The van der Waals surface area contributed by atoms with Gasteiger partial charge in [0.15, 0.2) is 0 Å². The predicted molar refractivity (Wildman–Crippen MR) is 78.2 cm³/mol. The molecule has 2 aromatic rings. The van der Waals surface area contributed by atoms with Crippen molar-refractivity contribution >= 4 is 0 Å². The fourth-order valence-corrected chi connectivity index (χ4v) is 2.71. The lowest BCUT2D eigenvalue weighted by atomic mass is 9.88. The maximum atomic E-state index is 9.64. The van der Waals surface area contributed by atoms with E-state index in [0.717, 1.165) is 30.4 Å². The van der Waals surface area contributed by atoms with Crippen LogP contribution in [-0.4, -0.2) is 5.11 Å². The van der Waals surface area contributed by atoms with Crippen molar-refractivity contribution < 1.29 is 9.94 Å². The Morgan fingerprint density at radius 2 is 2.00 bits per heavy atom. The molecule has 0 spiro atoms. The van der Waals surface area contributed by atoms with Crippen molar-refractivity contribution in [2.75, 3.05) is 0 Å². The molecule has 1 atom stereocenters. The van der Waals surface area contributed by atoms with Crippen molar-refractivity contribution in [2.45, 2.75) is 31.9 Å². The monoisotopic (exact) mass is 269 g/mol. The maximum Gasteiger partial charge on any atom is 0.115 e. The number of phenols is 1. The van der Waals surface area contributed by atoms with Crippen LogP contribution in [-0.2, 0) is 17.9 Å². The largest absolute Gasteiger partial charge is 0.508 e. The molecule has 0 saturated heterocycles. The molecule has 0 saturated carbocycles. The van der Waals surface area contributed by atoms with Crippen LogP contribution in [0.25, 0.3) is 0 Å². The molecular formula is C17H19NO2. The second-order valence-corrected chi connectivity index (χ2v) is 5.22. The summed E-state index contributed by atoms with van der Waals surface area (Å²) in [4.78, 5) is 5.62. The van der Waals surface area contributed by atoms with E-state index in [4.69, 9.17) is 4.84 Å². The summed E-state index contributed by atoms with van der Waals surface area (Å²) < 4.78 is 0. The van der Waals surface area contributed by atoms with Gasteiger partial charge in [0.25, 0.3) is 0 Å². The van der Waals surface area contributed by atoms with E-state index in [1.807, 2.05) is 42.5 Å². The fraction of sp³-hybridized carbons (Fsp3) is 0.294. The number of rotatable bonds is 4. The summed E-state index contributed by atoms with van der Waals surface area (Å²) in [5, 5.41) is 9.64. The molecule has 0 amide bonds. The summed E-state index contributed by atoms with van der Waals surface area (Å²) in [7, 11) is 0. The van der Waals surface area contributed by atoms with Gasteiger partial charge >= 0.3 is 0 Å². The van der Waals surface area contributed by atoms with Gasteiger partial charge in [-0.05, 0) is 48.1 Å². The van der Waals surface area contributed by atoms with Gasteiger partial charge in [0.1, 0.15) is 5.75 Å². The molecule has 1 unspecified atom stereocenters. The topological polar surface area (TPSA) is 41.5 Å². The molecule has 3 rings (SSSR count). The summed E-state index contributed by atoms with van der Waals surface area (Å²) in [5.74, 6) is 0.320. The van der Waals surface area contributed by atoms with Crippen molar-refractivity contribution in [3.63, 3.8) is 0 Å². The number of aryl methyl sites for hydroxylation is 1. The first-order valence-corrected chi connectivity index (χ1v) is 7.06. The lowest BCUT2D eigenvalue weighted by molar-refractivity contribution is -0.000916. The van der Waals surface area contributed by atoms with Crippen LogP contribution in [0.5, 0.6) is 5.75 Å². The molecule has 20 heavy (non-hydrogen) atoms. The van der Waals surface area contributed by atoms with Crippen LogP contribution in [0.15, 0.2) is 48.5 Å². The Morgan fingerprint density at radius 1 is 1.15 bits per heavy atom. The number of benzene rings is 2. The van der Waals surface area contributed by atoms with Crippen molar-refractivity contribution in [3.8, 4) is 5.75 Å². The Hall–Kier alpha value is -1.84. The zero-order valence-corrected chi connectivity index (χ0v) is 11.4. The normalized spacial score (nSPS) is 17.7. The average Bonchev–Trinajstić information content (AvgIpc) is 2.49. The van der Waals surface area contributed by atoms with Gasteiger partial charge in [-0.1, -0.05) is 36.4 Å². The highest BCUT2D eigenvalue weighted by molar-refractivity contribution is 5.38. The molecule has 3 nitrogen and oxygen atoms in total. The molecule has 2 aromatic carbocycles. The third kappa shape index (κ3) is 3.00. The Morgan fingerprint density at radius 3 is 2.85 bits per heavy atom. The van der Waals surface area contributed by atoms with Gasteiger partial charge in [-0.3, -0.25) is 4.84 Å². The Kier molecular flexibility index (Phi) is 4.00. The zero-order valence-electron chi connectivity index (χ0n) is 11.4.